The van der Waals surface area contributed by atoms with Crippen molar-refractivity contribution in [1.29, 1.82) is 5.26 Å². The second-order valence-electron chi connectivity index (χ2n) is 10.9. The number of likely N-dealkylation sites (tertiary alicyclic amines) is 1. The van der Waals surface area contributed by atoms with E-state index in [4.69, 9.17) is 20.8 Å². The average molecular weight is 664 g/mol. The minimum atomic E-state index is -4.55. The van der Waals surface area contributed by atoms with Gasteiger partial charge in [-0.1, -0.05) is 23.7 Å². The number of aliphatic hydroxyl groups excluding tert-OH is 2. The molecule has 0 bridgehead atoms. The maximum atomic E-state index is 15.3. The highest BCUT2D eigenvalue weighted by molar-refractivity contribution is 7.93. The Bertz CT molecular complexity index is 1910. The maximum absolute atomic E-state index is 15.3. The zero-order valence-corrected chi connectivity index (χ0v) is 26.2. The highest BCUT2D eigenvalue weighted by Gasteiger charge is 2.63. The molecule has 3 unspecified atom stereocenters. The average Bonchev–Trinajstić information content (AvgIpc) is 3.78. The van der Waals surface area contributed by atoms with E-state index in [0.29, 0.717) is 18.7 Å². The fourth-order valence-corrected chi connectivity index (χ4v) is 7.99. The van der Waals surface area contributed by atoms with Gasteiger partial charge in [-0.3, -0.25) is 9.69 Å². The van der Waals surface area contributed by atoms with E-state index < -0.39 is 33.6 Å². The lowest BCUT2D eigenvalue weighted by Gasteiger charge is -2.41. The van der Waals surface area contributed by atoms with Crippen LogP contribution in [0.1, 0.15) is 40.6 Å². The number of amides is 1. The molecule has 3 atom stereocenters. The van der Waals surface area contributed by atoms with Crippen LogP contribution in [0.4, 0.5) is 5.69 Å². The van der Waals surface area contributed by atoms with Crippen LogP contribution in [0.5, 0.6) is 5.75 Å². The summed E-state index contributed by atoms with van der Waals surface area (Å²) in [6, 6.07) is 16.3. The largest absolute Gasteiger partial charge is 0.496 e. The number of halogens is 1. The molecule has 6 rings (SSSR count). The Kier molecular flexibility index (Phi) is 8.60. The smallest absolute Gasteiger partial charge is 0.271 e. The monoisotopic (exact) mass is 663 g/mol. The lowest BCUT2D eigenvalue weighted by molar-refractivity contribution is -0.127. The van der Waals surface area contributed by atoms with Gasteiger partial charge in [-0.2, -0.15) is 5.26 Å². The molecule has 12 nitrogen and oxygen atoms in total. The molecule has 238 valence electrons. The van der Waals surface area contributed by atoms with Gasteiger partial charge in [-0.05, 0) is 60.5 Å². The Morgan fingerprint density at radius 1 is 1.17 bits per heavy atom. The number of fused-ring (bicyclic) bond motifs is 1. The number of aromatic nitrogens is 1. The highest BCUT2D eigenvalue weighted by Crippen LogP contribution is 2.56. The second-order valence-corrected chi connectivity index (χ2v) is 13.2. The van der Waals surface area contributed by atoms with E-state index >= 15 is 4.79 Å². The third-order valence-electron chi connectivity index (χ3n) is 8.30. The van der Waals surface area contributed by atoms with Crippen LogP contribution in [0.3, 0.4) is 0 Å². The molecule has 1 saturated heterocycles. The van der Waals surface area contributed by atoms with Crippen LogP contribution in [0.2, 0.25) is 5.02 Å². The van der Waals surface area contributed by atoms with Crippen molar-refractivity contribution in [3.05, 3.63) is 106 Å². The number of β-amino-alcohol motifs (C(OH)–C–C–N with tert-alkyl or cyclic N) is 1. The van der Waals surface area contributed by atoms with E-state index in [9.17, 15) is 23.9 Å². The van der Waals surface area contributed by atoms with Gasteiger partial charge >= 0.3 is 0 Å². The van der Waals surface area contributed by atoms with Gasteiger partial charge < -0.3 is 24.7 Å². The van der Waals surface area contributed by atoms with E-state index in [-0.39, 0.29) is 57.9 Å². The number of nitrogens with one attached hydrogen (secondary N) is 1. The number of ether oxygens (including phenoxy) is 1. The van der Waals surface area contributed by atoms with Gasteiger partial charge in [0.25, 0.3) is 15.9 Å². The summed E-state index contributed by atoms with van der Waals surface area (Å²) < 4.78 is 41.1. The molecule has 1 amide bonds. The molecule has 0 saturated carbocycles. The number of methoxy groups -OCH3 is 1. The highest BCUT2D eigenvalue weighted by atomic mass is 35.5. The predicted molar refractivity (Wildman–Crippen MR) is 166 cm³/mol. The predicted octanol–water partition coefficient (Wildman–Crippen LogP) is 3.08. The molecule has 3 heterocycles. The Morgan fingerprint density at radius 2 is 1.96 bits per heavy atom. The first-order chi connectivity index (χ1) is 22.2. The molecule has 4 aromatic rings. The summed E-state index contributed by atoms with van der Waals surface area (Å²) in [6.45, 7) is 0.664. The molecule has 14 heteroatoms. The van der Waals surface area contributed by atoms with Gasteiger partial charge in [0, 0.05) is 35.8 Å². The van der Waals surface area contributed by atoms with Crippen LogP contribution in [-0.4, -0.2) is 67.3 Å². The molecule has 0 spiro atoms. The molecule has 1 aromatic heterocycles. The SMILES string of the molecule is COc1cc(CNCCO)ccc1C1(N2CC(O)CC2c2ncco2)C(=O)N(S(=O)(=O)c2ccc(C#N)cc2)c2ccc(Cl)cc21. The van der Waals surface area contributed by atoms with Gasteiger partial charge in [0.1, 0.15) is 12.0 Å². The fraction of sp³-hybridized carbons (Fsp3) is 0.281. The van der Waals surface area contributed by atoms with E-state index in [0.717, 1.165) is 9.87 Å². The summed E-state index contributed by atoms with van der Waals surface area (Å²) >= 11 is 6.57. The third kappa shape index (κ3) is 5.13. The molecular formula is C32H30ClN5O7S. The molecule has 2 aliphatic heterocycles. The first-order valence-electron chi connectivity index (χ1n) is 14.4. The normalized spacial score (nSPS) is 21.4. The molecule has 3 N–H and O–H groups in total. The molecule has 1 fully saturated rings. The van der Waals surface area contributed by atoms with Crippen LogP contribution in [0, 0.1) is 11.3 Å². The van der Waals surface area contributed by atoms with Crippen LogP contribution in [-0.2, 0) is 26.9 Å². The van der Waals surface area contributed by atoms with Crippen molar-refractivity contribution in [3.63, 3.8) is 0 Å². The summed E-state index contributed by atoms with van der Waals surface area (Å²) in [6.07, 6.45) is 2.09. The molecule has 0 radical (unpaired) electrons. The number of nitriles is 1. The molecule has 2 aliphatic rings. The number of aliphatic hydroxyl groups is 2. The standard InChI is InChI=1S/C32H30ClN5O7S/c1-44-29-14-21(18-35-10-12-39)4-8-25(29)32(37-19-23(40)16-28(37)30-36-11-13-45-30)26-15-22(33)5-9-27(26)38(31(32)41)46(42,43)24-6-2-20(17-34)3-7-24/h2-9,11,13-15,23,28,35,39-40H,10,12,16,18-19H2,1H3. The molecule has 46 heavy (non-hydrogen) atoms. The molecule has 3 aromatic carbocycles. The van der Waals surface area contributed by atoms with Crippen LogP contribution >= 0.6 is 11.6 Å². The number of nitrogens with zero attached hydrogens (tertiary/aromatic N) is 4. The van der Waals surface area contributed by atoms with Gasteiger partial charge in [0.15, 0.2) is 5.54 Å². The van der Waals surface area contributed by atoms with Crippen molar-refractivity contribution < 1.29 is 32.6 Å². The number of rotatable bonds is 10. The number of hydrogen-bond donors (Lipinski definition) is 3. The van der Waals surface area contributed by atoms with E-state index in [1.807, 2.05) is 6.07 Å². The number of hydrogen-bond acceptors (Lipinski definition) is 11. The number of carbonyl (C=O) groups is 1. The van der Waals surface area contributed by atoms with E-state index in [1.165, 1.54) is 56.0 Å². The first kappa shape index (κ1) is 31.7. The zero-order chi connectivity index (χ0) is 32.6. The number of anilines is 1. The van der Waals surface area contributed by atoms with Crippen molar-refractivity contribution in [2.45, 2.75) is 35.5 Å². The van der Waals surface area contributed by atoms with Crippen LogP contribution in [0.15, 0.2) is 82.4 Å². The minimum Gasteiger partial charge on any atom is -0.496 e. The van der Waals surface area contributed by atoms with Gasteiger partial charge in [-0.15, -0.1) is 0 Å². The van der Waals surface area contributed by atoms with Crippen LogP contribution in [0.25, 0.3) is 0 Å². The van der Waals surface area contributed by atoms with Crippen molar-refractivity contribution in [2.24, 2.45) is 0 Å². The van der Waals surface area contributed by atoms with Crippen molar-refractivity contribution in [3.8, 4) is 11.8 Å². The number of oxazole rings is 1. The minimum absolute atomic E-state index is 0.0432. The second kappa shape index (κ2) is 12.5. The summed E-state index contributed by atoms with van der Waals surface area (Å²) in [5, 5.41) is 32.9. The third-order valence-corrected chi connectivity index (χ3v) is 10.2. The number of carbonyl (C=O) groups excluding carboxylic acids is 1. The van der Waals surface area contributed by atoms with Crippen molar-refractivity contribution in [2.75, 3.05) is 31.1 Å². The number of benzene rings is 3. The maximum Gasteiger partial charge on any atom is 0.271 e. The van der Waals surface area contributed by atoms with Crippen molar-refractivity contribution >= 4 is 33.2 Å². The Labute approximate surface area is 270 Å². The van der Waals surface area contributed by atoms with Gasteiger partial charge in [0.2, 0.25) is 5.89 Å². The zero-order valence-electron chi connectivity index (χ0n) is 24.6. The summed E-state index contributed by atoms with van der Waals surface area (Å²) in [5.41, 5.74) is -0.198. The number of sulfonamides is 1. The van der Waals surface area contributed by atoms with E-state index in [2.05, 4.69) is 10.3 Å². The summed E-state index contributed by atoms with van der Waals surface area (Å²) in [7, 11) is -3.10. The molecule has 0 aliphatic carbocycles. The van der Waals surface area contributed by atoms with Gasteiger partial charge in [-0.25, -0.2) is 17.7 Å². The first-order valence-corrected chi connectivity index (χ1v) is 16.2. The lowest BCUT2D eigenvalue weighted by atomic mass is 9.80. The fourth-order valence-electron chi connectivity index (χ4n) is 6.36. The Morgan fingerprint density at radius 3 is 2.63 bits per heavy atom. The Hall–Kier alpha value is -4.29. The topological polar surface area (TPSA) is 169 Å². The van der Waals surface area contributed by atoms with Gasteiger partial charge in [0.05, 0.1) is 54.3 Å². The van der Waals surface area contributed by atoms with E-state index in [1.54, 1.807) is 29.2 Å². The summed E-state index contributed by atoms with van der Waals surface area (Å²) in [5.74, 6) is -0.318. The summed E-state index contributed by atoms with van der Waals surface area (Å²) in [4.78, 5) is 21.1. The molecular weight excluding hydrogens is 634 g/mol. The van der Waals surface area contributed by atoms with Crippen molar-refractivity contribution in [1.82, 2.24) is 15.2 Å². The lowest BCUT2D eigenvalue weighted by Crippen LogP contribution is -2.55. The van der Waals surface area contributed by atoms with Crippen LogP contribution < -0.4 is 14.4 Å². The quantitative estimate of drug-likeness (QED) is 0.213. The Balaban J connectivity index is 1.63.